The van der Waals surface area contributed by atoms with E-state index in [4.69, 9.17) is 11.6 Å². The van der Waals surface area contributed by atoms with Crippen molar-refractivity contribution in [3.05, 3.63) is 45.1 Å². The zero-order valence-electron chi connectivity index (χ0n) is 13.8. The fourth-order valence-corrected chi connectivity index (χ4v) is 3.62. The van der Waals surface area contributed by atoms with E-state index in [2.05, 4.69) is 15.3 Å². The predicted molar refractivity (Wildman–Crippen MR) is 106 cm³/mol. The van der Waals surface area contributed by atoms with Gasteiger partial charge in [0.05, 0.1) is 22.8 Å². The number of nitrogens with one attached hydrogen (secondary N) is 1. The molecule has 2 aromatic heterocycles. The lowest BCUT2D eigenvalue weighted by molar-refractivity contribution is 0.0714. The van der Waals surface area contributed by atoms with Gasteiger partial charge in [0.2, 0.25) is 0 Å². The maximum absolute atomic E-state index is 12.9. The number of pyridine rings is 1. The zero-order valence-corrected chi connectivity index (χ0v) is 17.0. The molecular formula is C16H21Cl3N4OS. The second-order valence-electron chi connectivity index (χ2n) is 5.77. The Balaban J connectivity index is 0.00000156. The summed E-state index contributed by atoms with van der Waals surface area (Å²) in [5.74, 6) is 0.431. The van der Waals surface area contributed by atoms with Crippen molar-refractivity contribution in [3.8, 4) is 0 Å². The predicted octanol–water partition coefficient (Wildman–Crippen LogP) is 3.60. The summed E-state index contributed by atoms with van der Waals surface area (Å²) in [6, 6.07) is 3.39. The first-order valence-electron chi connectivity index (χ1n) is 7.64. The third kappa shape index (κ3) is 5.79. The Labute approximate surface area is 169 Å². The van der Waals surface area contributed by atoms with Crippen LogP contribution in [0.4, 0.5) is 0 Å². The summed E-state index contributed by atoms with van der Waals surface area (Å²) in [5.41, 5.74) is 3.24. The molecule has 1 N–H and O–H groups in total. The van der Waals surface area contributed by atoms with E-state index < -0.39 is 0 Å². The molecular weight excluding hydrogens is 403 g/mol. The Morgan fingerprint density at radius 1 is 1.40 bits per heavy atom. The molecule has 2 aromatic rings. The maximum Gasteiger partial charge on any atom is 0.272 e. The van der Waals surface area contributed by atoms with Crippen LogP contribution in [0.15, 0.2) is 23.8 Å². The number of hydrogen-bond acceptors (Lipinski definition) is 5. The van der Waals surface area contributed by atoms with Crippen LogP contribution in [0.25, 0.3) is 0 Å². The van der Waals surface area contributed by atoms with E-state index in [1.165, 1.54) is 6.20 Å². The number of amides is 1. The third-order valence-corrected chi connectivity index (χ3v) is 5.20. The summed E-state index contributed by atoms with van der Waals surface area (Å²) >= 11 is 7.46. The maximum atomic E-state index is 12.9. The van der Waals surface area contributed by atoms with E-state index in [-0.39, 0.29) is 30.7 Å². The van der Waals surface area contributed by atoms with Gasteiger partial charge in [-0.3, -0.25) is 4.79 Å². The molecule has 0 bridgehead atoms. The first kappa shape index (κ1) is 22.1. The van der Waals surface area contributed by atoms with Crippen LogP contribution in [0.2, 0.25) is 5.02 Å². The van der Waals surface area contributed by atoms with Crippen LogP contribution in [0, 0.1) is 12.8 Å². The highest BCUT2D eigenvalue weighted by Crippen LogP contribution is 2.20. The van der Waals surface area contributed by atoms with Gasteiger partial charge in [0.1, 0.15) is 5.69 Å². The fraction of sp³-hybridized carbons (Fsp3) is 0.438. The third-order valence-electron chi connectivity index (χ3n) is 4.05. The zero-order chi connectivity index (χ0) is 16.2. The molecule has 1 unspecified atom stereocenters. The molecule has 0 spiro atoms. The molecule has 138 valence electrons. The molecule has 5 nitrogen and oxygen atoms in total. The minimum Gasteiger partial charge on any atom is -0.332 e. The lowest BCUT2D eigenvalue weighted by Crippen LogP contribution is -2.36. The number of halogens is 3. The van der Waals surface area contributed by atoms with Gasteiger partial charge >= 0.3 is 0 Å². The van der Waals surface area contributed by atoms with Crippen LogP contribution in [-0.2, 0) is 6.54 Å². The van der Waals surface area contributed by atoms with Crippen LogP contribution < -0.4 is 5.32 Å². The van der Waals surface area contributed by atoms with Crippen LogP contribution in [0.3, 0.4) is 0 Å². The Morgan fingerprint density at radius 2 is 2.20 bits per heavy atom. The molecule has 0 aliphatic carbocycles. The summed E-state index contributed by atoms with van der Waals surface area (Å²) in [7, 11) is 0. The van der Waals surface area contributed by atoms with Crippen LogP contribution in [0.1, 0.15) is 27.5 Å². The standard InChI is InChI=1S/C16H19ClN4OS.2ClH/c1-11-15(23-10-20-11)9-21(8-12-4-5-18-6-12)16(22)14-3-2-13(17)7-19-14;;/h2-3,7,10,12,18H,4-6,8-9H2,1H3;2*1H. The van der Waals surface area contributed by atoms with Crippen molar-refractivity contribution in [2.24, 2.45) is 5.92 Å². The molecule has 0 aromatic carbocycles. The molecule has 1 aliphatic rings. The molecule has 9 heteroatoms. The van der Waals surface area contributed by atoms with Crippen molar-refractivity contribution >= 4 is 53.7 Å². The Kier molecular flexibility index (Phi) is 9.10. The van der Waals surface area contributed by atoms with Crippen molar-refractivity contribution < 1.29 is 4.79 Å². The van der Waals surface area contributed by atoms with Gasteiger partial charge in [-0.25, -0.2) is 9.97 Å². The van der Waals surface area contributed by atoms with E-state index in [9.17, 15) is 4.79 Å². The number of aryl methyl sites for hydroxylation is 1. The van der Waals surface area contributed by atoms with Crippen LogP contribution >= 0.6 is 47.8 Å². The van der Waals surface area contributed by atoms with Gasteiger partial charge in [0.25, 0.3) is 5.91 Å². The summed E-state index contributed by atoms with van der Waals surface area (Å²) in [4.78, 5) is 24.3. The van der Waals surface area contributed by atoms with Crippen LogP contribution in [-0.4, -0.2) is 40.4 Å². The minimum atomic E-state index is -0.0543. The van der Waals surface area contributed by atoms with E-state index in [1.54, 1.807) is 23.5 Å². The SMILES string of the molecule is Cc1ncsc1CN(CC1CCNC1)C(=O)c1ccc(Cl)cn1.Cl.Cl. The lowest BCUT2D eigenvalue weighted by atomic mass is 10.1. The van der Waals surface area contributed by atoms with Crippen molar-refractivity contribution in [1.29, 1.82) is 0 Å². The Hall–Kier alpha value is -0.920. The number of thiazole rings is 1. The van der Waals surface area contributed by atoms with E-state index >= 15 is 0 Å². The highest BCUT2D eigenvalue weighted by molar-refractivity contribution is 7.09. The summed E-state index contributed by atoms with van der Waals surface area (Å²) in [5, 5.41) is 3.89. The average molecular weight is 424 g/mol. The quantitative estimate of drug-likeness (QED) is 0.798. The fourth-order valence-electron chi connectivity index (χ4n) is 2.72. The lowest BCUT2D eigenvalue weighted by Gasteiger charge is -2.25. The number of carbonyl (C=O) groups is 1. The molecule has 1 atom stereocenters. The van der Waals surface area contributed by atoms with Crippen molar-refractivity contribution in [2.45, 2.75) is 19.9 Å². The molecule has 3 rings (SSSR count). The van der Waals surface area contributed by atoms with E-state index in [0.717, 1.165) is 36.6 Å². The van der Waals surface area contributed by atoms with Gasteiger partial charge in [-0.05, 0) is 44.5 Å². The highest BCUT2D eigenvalue weighted by atomic mass is 35.5. The van der Waals surface area contributed by atoms with Crippen molar-refractivity contribution in [1.82, 2.24) is 20.2 Å². The topological polar surface area (TPSA) is 58.1 Å². The molecule has 1 saturated heterocycles. The summed E-state index contributed by atoms with van der Waals surface area (Å²) in [6.07, 6.45) is 2.61. The van der Waals surface area contributed by atoms with Gasteiger partial charge in [-0.2, -0.15) is 0 Å². The second-order valence-corrected chi connectivity index (χ2v) is 7.14. The number of aromatic nitrogens is 2. The summed E-state index contributed by atoms with van der Waals surface area (Å²) < 4.78 is 0. The molecule has 1 aliphatic heterocycles. The highest BCUT2D eigenvalue weighted by Gasteiger charge is 2.24. The molecule has 3 heterocycles. The van der Waals surface area contributed by atoms with Gasteiger partial charge in [0, 0.05) is 17.6 Å². The Bertz CT molecular complexity index is 674. The Morgan fingerprint density at radius 3 is 2.76 bits per heavy atom. The van der Waals surface area contributed by atoms with Gasteiger partial charge in [0.15, 0.2) is 0 Å². The number of nitrogens with zero attached hydrogens (tertiary/aromatic N) is 3. The molecule has 0 radical (unpaired) electrons. The smallest absolute Gasteiger partial charge is 0.272 e. The van der Waals surface area contributed by atoms with E-state index in [1.807, 2.05) is 17.3 Å². The molecule has 0 saturated carbocycles. The first-order chi connectivity index (χ1) is 11.1. The molecule has 1 fully saturated rings. The van der Waals surface area contributed by atoms with Gasteiger partial charge in [-0.15, -0.1) is 36.2 Å². The van der Waals surface area contributed by atoms with Gasteiger partial charge in [-0.1, -0.05) is 11.6 Å². The number of rotatable bonds is 5. The molecule has 1 amide bonds. The first-order valence-corrected chi connectivity index (χ1v) is 8.89. The van der Waals surface area contributed by atoms with Crippen molar-refractivity contribution in [3.63, 3.8) is 0 Å². The van der Waals surface area contributed by atoms with Crippen LogP contribution in [0.5, 0.6) is 0 Å². The summed E-state index contributed by atoms with van der Waals surface area (Å²) in [6.45, 7) is 5.26. The molecule has 25 heavy (non-hydrogen) atoms. The van der Waals surface area contributed by atoms with E-state index in [0.29, 0.717) is 23.2 Å². The van der Waals surface area contributed by atoms with Gasteiger partial charge < -0.3 is 10.2 Å². The second kappa shape index (κ2) is 10.3. The number of hydrogen-bond donors (Lipinski definition) is 1. The monoisotopic (exact) mass is 422 g/mol. The number of carbonyl (C=O) groups excluding carboxylic acids is 1. The minimum absolute atomic E-state index is 0. The largest absolute Gasteiger partial charge is 0.332 e. The van der Waals surface area contributed by atoms with Crippen molar-refractivity contribution in [2.75, 3.05) is 19.6 Å². The average Bonchev–Trinajstić information content (AvgIpc) is 3.19. The normalized spacial score (nSPS) is 16.0.